The summed E-state index contributed by atoms with van der Waals surface area (Å²) >= 11 is 0. The van der Waals surface area contributed by atoms with Gasteiger partial charge in [0.1, 0.15) is 23.9 Å². The predicted octanol–water partition coefficient (Wildman–Crippen LogP) is 7.66. The van der Waals surface area contributed by atoms with Crippen molar-refractivity contribution in [3.8, 4) is 22.6 Å². The van der Waals surface area contributed by atoms with Crippen molar-refractivity contribution in [3.05, 3.63) is 95.3 Å². The number of ketones is 1. The quantitative estimate of drug-likeness (QED) is 0.106. The number of rotatable bonds is 12. The molecule has 0 aliphatic heterocycles. The van der Waals surface area contributed by atoms with Crippen LogP contribution < -0.4 is 9.47 Å². The Kier molecular flexibility index (Phi) is 9.25. The number of hydrogen-bond acceptors (Lipinski definition) is 4. The number of carbonyl (C=O) groups is 1. The minimum absolute atomic E-state index is 0.0972. The predicted molar refractivity (Wildman–Crippen MR) is 148 cm³/mol. The van der Waals surface area contributed by atoms with Gasteiger partial charge >= 0.3 is 0 Å². The Morgan fingerprint density at radius 2 is 1.59 bits per heavy atom. The number of halogens is 3. The SMILES string of the molecule is CCCCCN(C)CCOc1ccc(C(=O)c2c(-c3cc(F)cc(F)c3F)ccc3cc(OC)ccc23)cc1. The van der Waals surface area contributed by atoms with Crippen LogP contribution in [0.2, 0.25) is 0 Å². The van der Waals surface area contributed by atoms with Gasteiger partial charge in [-0.1, -0.05) is 31.9 Å². The maximum absolute atomic E-state index is 14.9. The van der Waals surface area contributed by atoms with Crippen LogP contribution in [0.25, 0.3) is 21.9 Å². The van der Waals surface area contributed by atoms with Crippen molar-refractivity contribution in [2.45, 2.75) is 26.2 Å². The minimum Gasteiger partial charge on any atom is -0.497 e. The van der Waals surface area contributed by atoms with Gasteiger partial charge in [0.05, 0.1) is 7.11 Å². The molecule has 4 nitrogen and oxygen atoms in total. The van der Waals surface area contributed by atoms with Crippen LogP contribution in [0, 0.1) is 17.5 Å². The first-order valence-electron chi connectivity index (χ1n) is 13.0. The zero-order valence-electron chi connectivity index (χ0n) is 22.4. The van der Waals surface area contributed by atoms with Gasteiger partial charge < -0.3 is 14.4 Å². The van der Waals surface area contributed by atoms with Crippen LogP contribution in [0.4, 0.5) is 13.2 Å². The smallest absolute Gasteiger partial charge is 0.194 e. The third-order valence-electron chi connectivity index (χ3n) is 6.74. The lowest BCUT2D eigenvalue weighted by atomic mass is 9.89. The zero-order chi connectivity index (χ0) is 27.9. The summed E-state index contributed by atoms with van der Waals surface area (Å²) in [6.45, 7) is 4.48. The third kappa shape index (κ3) is 6.60. The Balaban J connectivity index is 1.65. The highest BCUT2D eigenvalue weighted by Crippen LogP contribution is 2.36. The van der Waals surface area contributed by atoms with Crippen molar-refractivity contribution in [1.82, 2.24) is 4.90 Å². The Morgan fingerprint density at radius 3 is 2.31 bits per heavy atom. The fourth-order valence-corrected chi connectivity index (χ4v) is 4.57. The summed E-state index contributed by atoms with van der Waals surface area (Å²) in [5.74, 6) is -2.69. The summed E-state index contributed by atoms with van der Waals surface area (Å²) in [7, 11) is 3.59. The van der Waals surface area contributed by atoms with Gasteiger partial charge in [-0.15, -0.1) is 0 Å². The molecule has 0 atom stereocenters. The molecule has 0 radical (unpaired) electrons. The molecule has 39 heavy (non-hydrogen) atoms. The number of carbonyl (C=O) groups excluding carboxylic acids is 1. The topological polar surface area (TPSA) is 38.8 Å². The molecule has 0 heterocycles. The Labute approximate surface area is 227 Å². The van der Waals surface area contributed by atoms with Gasteiger partial charge in [-0.3, -0.25) is 4.79 Å². The average Bonchev–Trinajstić information content (AvgIpc) is 2.94. The normalized spacial score (nSPS) is 11.3. The van der Waals surface area contributed by atoms with E-state index in [9.17, 15) is 18.0 Å². The second kappa shape index (κ2) is 12.8. The van der Waals surface area contributed by atoms with Gasteiger partial charge in [-0.25, -0.2) is 13.2 Å². The molecule has 0 amide bonds. The number of hydrogen-bond donors (Lipinski definition) is 0. The minimum atomic E-state index is -1.32. The van der Waals surface area contributed by atoms with Crippen molar-refractivity contribution in [1.29, 1.82) is 0 Å². The summed E-state index contributed by atoms with van der Waals surface area (Å²) in [6, 6.07) is 16.4. The number of methoxy groups -OCH3 is 1. The molecule has 0 saturated heterocycles. The highest BCUT2D eigenvalue weighted by atomic mass is 19.2. The van der Waals surface area contributed by atoms with Crippen LogP contribution in [0.1, 0.15) is 42.1 Å². The van der Waals surface area contributed by atoms with Crippen LogP contribution in [0.15, 0.2) is 66.7 Å². The van der Waals surface area contributed by atoms with Crippen molar-refractivity contribution in [2.75, 3.05) is 33.9 Å². The second-order valence-electron chi connectivity index (χ2n) is 9.54. The highest BCUT2D eigenvalue weighted by Gasteiger charge is 2.23. The molecule has 0 spiro atoms. The van der Waals surface area contributed by atoms with Crippen molar-refractivity contribution >= 4 is 16.6 Å². The summed E-state index contributed by atoms with van der Waals surface area (Å²) < 4.78 is 54.2. The molecule has 0 unspecified atom stereocenters. The monoisotopic (exact) mass is 535 g/mol. The Hall–Kier alpha value is -3.84. The van der Waals surface area contributed by atoms with Gasteiger partial charge in [0.2, 0.25) is 0 Å². The van der Waals surface area contributed by atoms with Crippen LogP contribution in [-0.2, 0) is 0 Å². The van der Waals surface area contributed by atoms with E-state index in [0.29, 0.717) is 40.5 Å². The van der Waals surface area contributed by atoms with Gasteiger partial charge in [-0.2, -0.15) is 0 Å². The first-order chi connectivity index (χ1) is 18.8. The molecule has 7 heteroatoms. The van der Waals surface area contributed by atoms with E-state index in [4.69, 9.17) is 9.47 Å². The van der Waals surface area contributed by atoms with Crippen LogP contribution in [-0.4, -0.2) is 44.5 Å². The molecule has 0 saturated carbocycles. The van der Waals surface area contributed by atoms with E-state index in [1.807, 2.05) is 0 Å². The number of ether oxygens (including phenoxy) is 2. The molecule has 0 bridgehead atoms. The summed E-state index contributed by atoms with van der Waals surface area (Å²) in [6.07, 6.45) is 3.53. The molecule has 4 aromatic carbocycles. The number of unbranched alkanes of at least 4 members (excludes halogenated alkanes) is 2. The first-order valence-corrected chi connectivity index (χ1v) is 13.0. The van der Waals surface area contributed by atoms with Crippen molar-refractivity contribution in [2.24, 2.45) is 0 Å². The molecule has 4 aromatic rings. The van der Waals surface area contributed by atoms with Gasteiger partial charge in [0.25, 0.3) is 0 Å². The van der Waals surface area contributed by atoms with Crippen LogP contribution in [0.3, 0.4) is 0 Å². The Bertz CT molecular complexity index is 1450. The van der Waals surface area contributed by atoms with Crippen molar-refractivity contribution < 1.29 is 27.4 Å². The maximum atomic E-state index is 14.9. The average molecular weight is 536 g/mol. The largest absolute Gasteiger partial charge is 0.497 e. The first kappa shape index (κ1) is 28.2. The van der Waals surface area contributed by atoms with E-state index in [1.165, 1.54) is 26.0 Å². The Morgan fingerprint density at radius 1 is 0.846 bits per heavy atom. The van der Waals surface area contributed by atoms with E-state index in [2.05, 4.69) is 18.9 Å². The standard InChI is InChI=1S/C32H32F3NO3/c1-4-5-6-15-36(2)16-17-39-24-10-7-21(8-11-24)32(37)30-26-14-12-25(38-3)18-22(26)9-13-27(30)28-19-23(33)20-29(34)31(28)35/h7-14,18-20H,4-6,15-17H2,1-3H3. The van der Waals surface area contributed by atoms with Gasteiger partial charge in [0.15, 0.2) is 17.4 Å². The van der Waals surface area contributed by atoms with Crippen LogP contribution >= 0.6 is 0 Å². The fourth-order valence-electron chi connectivity index (χ4n) is 4.57. The van der Waals surface area contributed by atoms with Gasteiger partial charge in [-0.05, 0) is 84.9 Å². The third-order valence-corrected chi connectivity index (χ3v) is 6.74. The molecular weight excluding hydrogens is 503 g/mol. The van der Waals surface area contributed by atoms with E-state index < -0.39 is 23.2 Å². The van der Waals surface area contributed by atoms with E-state index in [1.54, 1.807) is 48.5 Å². The molecule has 0 N–H and O–H groups in total. The van der Waals surface area contributed by atoms with E-state index >= 15 is 0 Å². The lowest BCUT2D eigenvalue weighted by Gasteiger charge is -2.17. The zero-order valence-corrected chi connectivity index (χ0v) is 22.4. The molecule has 0 aliphatic carbocycles. The summed E-state index contributed by atoms with van der Waals surface area (Å²) in [5, 5.41) is 1.18. The molecule has 204 valence electrons. The number of nitrogens with zero attached hydrogens (tertiary/aromatic N) is 1. The van der Waals surface area contributed by atoms with Gasteiger partial charge in [0, 0.05) is 29.3 Å². The number of benzene rings is 4. The molecular formula is C32H32F3NO3. The number of fused-ring (bicyclic) bond motifs is 1. The van der Waals surface area contributed by atoms with Crippen molar-refractivity contribution in [3.63, 3.8) is 0 Å². The summed E-state index contributed by atoms with van der Waals surface area (Å²) in [4.78, 5) is 16.1. The van der Waals surface area contributed by atoms with E-state index in [-0.39, 0.29) is 16.7 Å². The molecule has 0 aliphatic rings. The second-order valence-corrected chi connectivity index (χ2v) is 9.54. The molecule has 4 rings (SSSR count). The lowest BCUT2D eigenvalue weighted by molar-refractivity contribution is 0.104. The lowest BCUT2D eigenvalue weighted by Crippen LogP contribution is -2.25. The fraction of sp³-hybridized carbons (Fsp3) is 0.281. The molecule has 0 aromatic heterocycles. The van der Waals surface area contributed by atoms with Crippen LogP contribution in [0.5, 0.6) is 11.5 Å². The molecule has 0 fully saturated rings. The highest BCUT2D eigenvalue weighted by molar-refractivity contribution is 6.20. The maximum Gasteiger partial charge on any atom is 0.194 e. The van der Waals surface area contributed by atoms with E-state index in [0.717, 1.165) is 25.6 Å². The number of likely N-dealkylation sites (N-methyl/N-ethyl adjacent to an activating group) is 1. The summed E-state index contributed by atoms with van der Waals surface area (Å²) in [5.41, 5.74) is 0.249.